The van der Waals surface area contributed by atoms with Crippen molar-refractivity contribution in [1.82, 2.24) is 0 Å². The summed E-state index contributed by atoms with van der Waals surface area (Å²) >= 11 is 2.08. The third-order valence-electron chi connectivity index (χ3n) is 0.774. The molecule has 0 spiro atoms. The first kappa shape index (κ1) is 23.9. The van der Waals surface area contributed by atoms with Gasteiger partial charge >= 0.3 is 54.6 Å². The summed E-state index contributed by atoms with van der Waals surface area (Å²) in [5.41, 5.74) is 0. The van der Waals surface area contributed by atoms with Gasteiger partial charge < -0.3 is 15.3 Å². The SMILES string of the molecule is CC(C)[O-].CC(C)[O-].CC(C)[O-].[Ti+3][c]1ccccc1. The van der Waals surface area contributed by atoms with E-state index in [1.54, 1.807) is 41.5 Å². The molecule has 0 N–H and O–H groups in total. The quantitative estimate of drug-likeness (QED) is 0.639. The molecule has 0 heterocycles. The Bertz CT molecular complexity index is 226. The van der Waals surface area contributed by atoms with E-state index in [0.717, 1.165) is 0 Å². The zero-order chi connectivity index (χ0) is 15.8. The van der Waals surface area contributed by atoms with Crippen LogP contribution in [0.15, 0.2) is 30.3 Å². The standard InChI is InChI=1S/C6H5.3C3H7O.Ti/c1-2-4-6-5-3-1;3*1-3(2)4;/h1-5H;3*3H,1-2H3;/q;3*-1;+3. The minimum atomic E-state index is -0.417. The van der Waals surface area contributed by atoms with Crippen molar-refractivity contribution in [1.29, 1.82) is 0 Å². The Kier molecular flexibility index (Phi) is 22.4. The first-order valence-corrected chi connectivity index (χ1v) is 7.11. The summed E-state index contributed by atoms with van der Waals surface area (Å²) in [4.78, 5) is 0. The van der Waals surface area contributed by atoms with Gasteiger partial charge in [-0.05, 0) is 0 Å². The van der Waals surface area contributed by atoms with Gasteiger partial charge in [0.05, 0.1) is 0 Å². The Balaban J connectivity index is -0.000000189. The maximum absolute atomic E-state index is 9.53. The van der Waals surface area contributed by atoms with Crippen molar-refractivity contribution in [2.24, 2.45) is 0 Å². The average molecular weight is 302 g/mol. The van der Waals surface area contributed by atoms with E-state index < -0.39 is 18.3 Å². The molecule has 0 fully saturated rings. The summed E-state index contributed by atoms with van der Waals surface area (Å²) in [7, 11) is 0. The molecule has 0 aliphatic carbocycles. The molecule has 0 bridgehead atoms. The zero-order valence-corrected chi connectivity index (χ0v) is 14.4. The molecular weight excluding hydrogens is 276 g/mol. The van der Waals surface area contributed by atoms with Crippen LogP contribution < -0.4 is 19.2 Å². The summed E-state index contributed by atoms with van der Waals surface area (Å²) in [6.45, 7) is 9.67. The van der Waals surface area contributed by atoms with Crippen LogP contribution in [0.5, 0.6) is 0 Å². The van der Waals surface area contributed by atoms with Crippen LogP contribution in [-0.2, 0) is 20.4 Å². The predicted octanol–water partition coefficient (Wildman–Crippen LogP) is 0.124. The van der Waals surface area contributed by atoms with Gasteiger partial charge in [-0.3, -0.25) is 0 Å². The molecule has 1 rings (SSSR count). The number of rotatable bonds is 0. The minimum absolute atomic E-state index is 0.417. The molecular formula is C15H26O3Ti. The molecule has 19 heavy (non-hydrogen) atoms. The van der Waals surface area contributed by atoms with Gasteiger partial charge in [0.1, 0.15) is 0 Å². The van der Waals surface area contributed by atoms with Gasteiger partial charge in [-0.1, -0.05) is 41.5 Å². The normalized spacial score (nSPS) is 8.95. The van der Waals surface area contributed by atoms with E-state index in [4.69, 9.17) is 0 Å². The zero-order valence-electron chi connectivity index (χ0n) is 12.8. The van der Waals surface area contributed by atoms with Crippen LogP contribution in [0.1, 0.15) is 41.5 Å². The number of benzene rings is 1. The van der Waals surface area contributed by atoms with Crippen molar-refractivity contribution in [2.75, 3.05) is 0 Å². The van der Waals surface area contributed by atoms with Gasteiger partial charge in [0.15, 0.2) is 0 Å². The van der Waals surface area contributed by atoms with E-state index in [1.165, 1.54) is 3.87 Å². The maximum atomic E-state index is 9.53. The van der Waals surface area contributed by atoms with E-state index in [0.29, 0.717) is 0 Å². The summed E-state index contributed by atoms with van der Waals surface area (Å²) in [5.74, 6) is 0. The fourth-order valence-electron chi connectivity index (χ4n) is 0.438. The van der Waals surface area contributed by atoms with Crippen molar-refractivity contribution in [3.8, 4) is 0 Å². The summed E-state index contributed by atoms with van der Waals surface area (Å²) in [6.07, 6.45) is -1.25. The summed E-state index contributed by atoms with van der Waals surface area (Å²) in [5, 5.41) is 28.6. The molecule has 0 radical (unpaired) electrons. The van der Waals surface area contributed by atoms with Gasteiger partial charge in [-0.2, -0.15) is 0 Å². The van der Waals surface area contributed by atoms with Crippen LogP contribution in [0.2, 0.25) is 0 Å². The van der Waals surface area contributed by atoms with Crippen molar-refractivity contribution in [2.45, 2.75) is 59.9 Å². The Labute approximate surface area is 130 Å². The monoisotopic (exact) mass is 302 g/mol. The molecule has 0 saturated carbocycles. The van der Waals surface area contributed by atoms with Crippen LogP contribution in [0.25, 0.3) is 0 Å². The molecule has 108 valence electrons. The Hall–Kier alpha value is -0.186. The Morgan fingerprint density at radius 3 is 1.00 bits per heavy atom. The van der Waals surface area contributed by atoms with E-state index in [1.807, 2.05) is 18.2 Å². The molecule has 0 aromatic heterocycles. The fourth-order valence-corrected chi connectivity index (χ4v) is 0.739. The topological polar surface area (TPSA) is 69.2 Å². The molecule has 4 heteroatoms. The fraction of sp³-hybridized carbons (Fsp3) is 0.600. The molecule has 0 unspecified atom stereocenters. The van der Waals surface area contributed by atoms with Crippen molar-refractivity contribution < 1.29 is 35.8 Å². The van der Waals surface area contributed by atoms with Gasteiger partial charge in [0.2, 0.25) is 0 Å². The van der Waals surface area contributed by atoms with Gasteiger partial charge in [-0.15, -0.1) is 18.3 Å². The van der Waals surface area contributed by atoms with Crippen molar-refractivity contribution in [3.63, 3.8) is 0 Å². The molecule has 1 aromatic carbocycles. The van der Waals surface area contributed by atoms with Crippen molar-refractivity contribution in [3.05, 3.63) is 30.3 Å². The molecule has 0 aliphatic heterocycles. The van der Waals surface area contributed by atoms with Gasteiger partial charge in [0.25, 0.3) is 0 Å². The van der Waals surface area contributed by atoms with Crippen LogP contribution in [0, 0.1) is 0 Å². The van der Waals surface area contributed by atoms with Gasteiger partial charge in [-0.25, -0.2) is 0 Å². The van der Waals surface area contributed by atoms with Crippen LogP contribution in [0.3, 0.4) is 0 Å². The molecule has 0 aliphatic rings. The summed E-state index contributed by atoms with van der Waals surface area (Å²) in [6, 6.07) is 10.3. The van der Waals surface area contributed by atoms with E-state index in [9.17, 15) is 15.3 Å². The molecule has 3 nitrogen and oxygen atoms in total. The van der Waals surface area contributed by atoms with E-state index in [2.05, 4.69) is 32.6 Å². The molecule has 1 aromatic rings. The number of hydrogen-bond acceptors (Lipinski definition) is 3. The van der Waals surface area contributed by atoms with Crippen LogP contribution in [0.4, 0.5) is 0 Å². The summed E-state index contributed by atoms with van der Waals surface area (Å²) < 4.78 is 1.32. The Morgan fingerprint density at radius 1 is 0.684 bits per heavy atom. The molecule has 0 saturated heterocycles. The first-order chi connectivity index (χ1) is 8.59. The van der Waals surface area contributed by atoms with Crippen LogP contribution >= 0.6 is 0 Å². The van der Waals surface area contributed by atoms with E-state index in [-0.39, 0.29) is 0 Å². The van der Waals surface area contributed by atoms with E-state index >= 15 is 0 Å². The van der Waals surface area contributed by atoms with Gasteiger partial charge in [0, 0.05) is 0 Å². The third-order valence-corrected chi connectivity index (χ3v) is 1.29. The second-order valence-electron chi connectivity index (χ2n) is 4.51. The first-order valence-electron chi connectivity index (χ1n) is 6.33. The average Bonchev–Trinajstić information content (AvgIpc) is 2.15. The Morgan fingerprint density at radius 2 is 0.895 bits per heavy atom. The molecule has 0 atom stereocenters. The second-order valence-corrected chi connectivity index (χ2v) is 5.41. The predicted molar refractivity (Wildman–Crippen MR) is 71.5 cm³/mol. The molecule has 0 amide bonds. The van der Waals surface area contributed by atoms with Crippen molar-refractivity contribution >= 4 is 3.87 Å². The second kappa shape index (κ2) is 17.8. The third kappa shape index (κ3) is 73.0. The van der Waals surface area contributed by atoms with Crippen LogP contribution in [-0.4, -0.2) is 18.3 Å². The number of hydrogen-bond donors (Lipinski definition) is 0.